The molecule has 1 unspecified atom stereocenters. The second-order valence-electron chi connectivity index (χ2n) is 3.26. The van der Waals surface area contributed by atoms with Crippen molar-refractivity contribution in [3.63, 3.8) is 0 Å². The molecule has 1 aromatic rings. The molecule has 13 heavy (non-hydrogen) atoms. The molecule has 0 aliphatic heterocycles. The summed E-state index contributed by atoms with van der Waals surface area (Å²) in [6, 6.07) is 1.82. The van der Waals surface area contributed by atoms with Gasteiger partial charge in [0.15, 0.2) is 0 Å². The topological polar surface area (TPSA) is 20.2 Å². The number of rotatable bonds is 3. The standard InChI is InChI=1S/C9H12F2OS/c1-6-3-4-13-8(6)7(12)5-9(2,10)11/h3-4,7,12H,5H2,1-2H3. The number of aryl methyl sites for hydroxylation is 1. The molecule has 0 bridgehead atoms. The first-order valence-corrected chi connectivity index (χ1v) is 4.88. The second-order valence-corrected chi connectivity index (χ2v) is 4.21. The Labute approximate surface area is 80.0 Å². The molecule has 4 heteroatoms. The Bertz CT molecular complexity index is 277. The van der Waals surface area contributed by atoms with Crippen molar-refractivity contribution in [2.45, 2.75) is 32.3 Å². The Morgan fingerprint density at radius 3 is 2.62 bits per heavy atom. The smallest absolute Gasteiger partial charge is 0.248 e. The SMILES string of the molecule is Cc1ccsc1C(O)CC(C)(F)F. The van der Waals surface area contributed by atoms with E-state index in [4.69, 9.17) is 0 Å². The van der Waals surface area contributed by atoms with E-state index in [-0.39, 0.29) is 0 Å². The molecule has 1 atom stereocenters. The second kappa shape index (κ2) is 3.72. The normalized spacial score (nSPS) is 14.5. The minimum absolute atomic E-state index is 0.506. The van der Waals surface area contributed by atoms with Crippen LogP contribution < -0.4 is 0 Å². The van der Waals surface area contributed by atoms with E-state index in [9.17, 15) is 13.9 Å². The largest absolute Gasteiger partial charge is 0.387 e. The molecule has 0 aliphatic rings. The molecule has 1 aromatic heterocycles. The fraction of sp³-hybridized carbons (Fsp3) is 0.556. The first kappa shape index (κ1) is 10.6. The van der Waals surface area contributed by atoms with E-state index < -0.39 is 18.4 Å². The fourth-order valence-corrected chi connectivity index (χ4v) is 2.07. The fourth-order valence-electron chi connectivity index (χ4n) is 1.16. The lowest BCUT2D eigenvalue weighted by Gasteiger charge is -2.15. The molecule has 0 fully saturated rings. The number of aliphatic hydroxyl groups excluding tert-OH is 1. The molecule has 74 valence electrons. The Hall–Kier alpha value is -0.480. The van der Waals surface area contributed by atoms with Gasteiger partial charge in [0.1, 0.15) is 0 Å². The van der Waals surface area contributed by atoms with E-state index in [1.54, 1.807) is 5.38 Å². The maximum atomic E-state index is 12.5. The summed E-state index contributed by atoms with van der Waals surface area (Å²) in [4.78, 5) is 0.640. The summed E-state index contributed by atoms with van der Waals surface area (Å²) >= 11 is 1.31. The third kappa shape index (κ3) is 3.04. The molecule has 0 spiro atoms. The molecule has 0 aromatic carbocycles. The van der Waals surface area contributed by atoms with Crippen LogP contribution in [-0.2, 0) is 0 Å². The summed E-state index contributed by atoms with van der Waals surface area (Å²) < 4.78 is 25.1. The van der Waals surface area contributed by atoms with Crippen LogP contribution in [0.4, 0.5) is 8.78 Å². The third-order valence-corrected chi connectivity index (χ3v) is 2.88. The summed E-state index contributed by atoms with van der Waals surface area (Å²) in [7, 11) is 0. The van der Waals surface area contributed by atoms with Gasteiger partial charge in [0.25, 0.3) is 0 Å². The third-order valence-electron chi connectivity index (χ3n) is 1.76. The minimum atomic E-state index is -2.81. The van der Waals surface area contributed by atoms with Gasteiger partial charge in [-0.25, -0.2) is 8.78 Å². The van der Waals surface area contributed by atoms with Gasteiger partial charge in [-0.3, -0.25) is 0 Å². The van der Waals surface area contributed by atoms with Crippen molar-refractivity contribution in [2.24, 2.45) is 0 Å². The maximum Gasteiger partial charge on any atom is 0.248 e. The van der Waals surface area contributed by atoms with E-state index in [0.717, 1.165) is 12.5 Å². The zero-order valence-corrected chi connectivity index (χ0v) is 8.37. The first-order chi connectivity index (χ1) is 5.90. The minimum Gasteiger partial charge on any atom is -0.387 e. The van der Waals surface area contributed by atoms with E-state index >= 15 is 0 Å². The van der Waals surface area contributed by atoms with Gasteiger partial charge in [-0.2, -0.15) is 0 Å². The van der Waals surface area contributed by atoms with Crippen molar-refractivity contribution >= 4 is 11.3 Å². The Morgan fingerprint density at radius 2 is 2.23 bits per heavy atom. The quantitative estimate of drug-likeness (QED) is 0.805. The molecule has 1 N–H and O–H groups in total. The Kier molecular flexibility index (Phi) is 3.03. The van der Waals surface area contributed by atoms with Gasteiger partial charge >= 0.3 is 0 Å². The molecule has 0 saturated heterocycles. The van der Waals surface area contributed by atoms with E-state index in [0.29, 0.717) is 4.88 Å². The zero-order valence-electron chi connectivity index (χ0n) is 7.55. The molecule has 0 amide bonds. The van der Waals surface area contributed by atoms with Crippen molar-refractivity contribution in [2.75, 3.05) is 0 Å². The number of alkyl halides is 2. The van der Waals surface area contributed by atoms with Gasteiger partial charge < -0.3 is 5.11 Å². The molecule has 1 rings (SSSR count). The molecule has 0 aliphatic carbocycles. The van der Waals surface area contributed by atoms with Gasteiger partial charge in [0, 0.05) is 11.3 Å². The lowest BCUT2D eigenvalue weighted by atomic mass is 10.1. The van der Waals surface area contributed by atoms with Crippen LogP contribution in [0.2, 0.25) is 0 Å². The number of thiophene rings is 1. The highest BCUT2D eigenvalue weighted by Gasteiger charge is 2.27. The van der Waals surface area contributed by atoms with Crippen LogP contribution in [0, 0.1) is 6.92 Å². The average Bonchev–Trinajstić information content (AvgIpc) is 2.30. The lowest BCUT2D eigenvalue weighted by Crippen LogP contribution is -2.14. The van der Waals surface area contributed by atoms with Gasteiger partial charge in [0.2, 0.25) is 5.92 Å². The molecule has 0 radical (unpaired) electrons. The number of hydrogen-bond acceptors (Lipinski definition) is 2. The highest BCUT2D eigenvalue weighted by Crippen LogP contribution is 2.32. The van der Waals surface area contributed by atoms with Crippen LogP contribution in [0.1, 0.15) is 29.9 Å². The van der Waals surface area contributed by atoms with Crippen LogP contribution in [0.5, 0.6) is 0 Å². The summed E-state index contributed by atoms with van der Waals surface area (Å²) in [6.45, 7) is 2.63. The van der Waals surface area contributed by atoms with E-state index in [1.165, 1.54) is 11.3 Å². The van der Waals surface area contributed by atoms with E-state index in [1.807, 2.05) is 13.0 Å². The van der Waals surface area contributed by atoms with Gasteiger partial charge in [-0.15, -0.1) is 11.3 Å². The first-order valence-electron chi connectivity index (χ1n) is 4.00. The zero-order chi connectivity index (χ0) is 10.1. The lowest BCUT2D eigenvalue weighted by molar-refractivity contribution is -0.0276. The van der Waals surface area contributed by atoms with E-state index in [2.05, 4.69) is 0 Å². The van der Waals surface area contributed by atoms with Gasteiger partial charge in [-0.05, 0) is 30.9 Å². The number of halogens is 2. The summed E-state index contributed by atoms with van der Waals surface area (Å²) in [5.41, 5.74) is 0.877. The average molecular weight is 206 g/mol. The van der Waals surface area contributed by atoms with Crippen molar-refractivity contribution in [3.05, 3.63) is 21.9 Å². The van der Waals surface area contributed by atoms with Crippen LogP contribution in [0.3, 0.4) is 0 Å². The Balaban J connectivity index is 2.69. The number of aliphatic hydroxyl groups is 1. The van der Waals surface area contributed by atoms with Crippen molar-refractivity contribution < 1.29 is 13.9 Å². The molecule has 1 heterocycles. The van der Waals surface area contributed by atoms with Crippen molar-refractivity contribution in [3.8, 4) is 0 Å². The monoisotopic (exact) mass is 206 g/mol. The van der Waals surface area contributed by atoms with Crippen LogP contribution >= 0.6 is 11.3 Å². The van der Waals surface area contributed by atoms with Crippen molar-refractivity contribution in [1.82, 2.24) is 0 Å². The summed E-state index contributed by atoms with van der Waals surface area (Å²) in [5, 5.41) is 11.2. The van der Waals surface area contributed by atoms with Gasteiger partial charge in [0.05, 0.1) is 6.10 Å². The molecular weight excluding hydrogens is 194 g/mol. The predicted octanol–water partition coefficient (Wildman–Crippen LogP) is 3.14. The van der Waals surface area contributed by atoms with Gasteiger partial charge in [-0.1, -0.05) is 0 Å². The maximum absolute atomic E-state index is 12.5. The highest BCUT2D eigenvalue weighted by molar-refractivity contribution is 7.10. The molecular formula is C9H12F2OS. The summed E-state index contributed by atoms with van der Waals surface area (Å²) in [6.07, 6.45) is -1.55. The van der Waals surface area contributed by atoms with Crippen LogP contribution in [0.25, 0.3) is 0 Å². The Morgan fingerprint density at radius 1 is 1.62 bits per heavy atom. The van der Waals surface area contributed by atoms with Crippen LogP contribution in [-0.4, -0.2) is 11.0 Å². The predicted molar refractivity (Wildman–Crippen MR) is 49.3 cm³/mol. The summed E-state index contributed by atoms with van der Waals surface area (Å²) in [5.74, 6) is -2.81. The highest BCUT2D eigenvalue weighted by atomic mass is 32.1. The van der Waals surface area contributed by atoms with Crippen molar-refractivity contribution in [1.29, 1.82) is 0 Å². The molecule has 0 saturated carbocycles. The molecule has 1 nitrogen and oxygen atoms in total. The number of hydrogen-bond donors (Lipinski definition) is 1. The van der Waals surface area contributed by atoms with Crippen LogP contribution in [0.15, 0.2) is 11.4 Å².